The molecular weight excluding hydrogens is 362 g/mol. The second-order valence-electron chi connectivity index (χ2n) is 9.55. The smallest absolute Gasteiger partial charge is 0.0982 e. The molecule has 2 aromatic rings. The van der Waals surface area contributed by atoms with Gasteiger partial charge in [0, 0.05) is 30.9 Å². The number of hydrogen-bond acceptors (Lipinski definition) is 4. The summed E-state index contributed by atoms with van der Waals surface area (Å²) in [4.78, 5) is 2.29. The van der Waals surface area contributed by atoms with Crippen molar-refractivity contribution in [3.8, 4) is 0 Å². The van der Waals surface area contributed by atoms with Crippen molar-refractivity contribution in [2.45, 2.75) is 88.8 Å². The average molecular weight is 398 g/mol. The molecule has 5 heteroatoms. The molecular formula is C24H35N3O2. The minimum Gasteiger partial charge on any atom is -0.388 e. The van der Waals surface area contributed by atoms with E-state index in [1.54, 1.807) is 0 Å². The van der Waals surface area contributed by atoms with E-state index in [9.17, 15) is 5.11 Å². The monoisotopic (exact) mass is 397 g/mol. The van der Waals surface area contributed by atoms with E-state index in [1.807, 2.05) is 10.9 Å². The quantitative estimate of drug-likeness (QED) is 0.829. The molecule has 0 aliphatic carbocycles. The van der Waals surface area contributed by atoms with Gasteiger partial charge in [-0.1, -0.05) is 30.3 Å². The summed E-state index contributed by atoms with van der Waals surface area (Å²) in [5.41, 5.74) is 1.81. The van der Waals surface area contributed by atoms with Crippen LogP contribution in [-0.2, 0) is 17.8 Å². The first kappa shape index (κ1) is 20.6. The Morgan fingerprint density at radius 2 is 2.00 bits per heavy atom. The van der Waals surface area contributed by atoms with Crippen LogP contribution in [0.1, 0.15) is 63.5 Å². The molecule has 5 atom stereocenters. The van der Waals surface area contributed by atoms with Crippen LogP contribution in [0.5, 0.6) is 0 Å². The van der Waals surface area contributed by atoms with Crippen LogP contribution < -0.4 is 0 Å². The van der Waals surface area contributed by atoms with E-state index in [-0.39, 0.29) is 11.6 Å². The Morgan fingerprint density at radius 1 is 1.24 bits per heavy atom. The Balaban J connectivity index is 1.55. The second-order valence-corrected chi connectivity index (χ2v) is 9.55. The minimum atomic E-state index is -0.545. The predicted octanol–water partition coefficient (Wildman–Crippen LogP) is 3.97. The maximum Gasteiger partial charge on any atom is 0.0982 e. The van der Waals surface area contributed by atoms with Crippen LogP contribution >= 0.6 is 0 Å². The fourth-order valence-electron chi connectivity index (χ4n) is 5.57. The van der Waals surface area contributed by atoms with Gasteiger partial charge in [-0.05, 0) is 65.0 Å². The van der Waals surface area contributed by atoms with Crippen LogP contribution in [-0.4, -0.2) is 50.2 Å². The summed E-state index contributed by atoms with van der Waals surface area (Å²) in [6.45, 7) is 8.11. The molecule has 2 saturated heterocycles. The molecule has 4 rings (SSSR count). The number of fused-ring (bicyclic) bond motifs is 2. The number of benzene rings is 1. The van der Waals surface area contributed by atoms with E-state index in [0.29, 0.717) is 5.92 Å². The molecule has 0 unspecified atom stereocenters. The molecule has 2 aliphatic heterocycles. The topological polar surface area (TPSA) is 50.5 Å². The fraction of sp³-hybridized carbons (Fsp3) is 0.625. The van der Waals surface area contributed by atoms with Crippen molar-refractivity contribution < 1.29 is 9.84 Å². The van der Waals surface area contributed by atoms with Crippen LogP contribution in [0.2, 0.25) is 0 Å². The number of hydrogen-bond donors (Lipinski definition) is 1. The molecule has 1 aromatic heterocycles. The second kappa shape index (κ2) is 7.86. The van der Waals surface area contributed by atoms with Gasteiger partial charge < -0.3 is 9.84 Å². The predicted molar refractivity (Wildman–Crippen MR) is 115 cm³/mol. The fourth-order valence-corrected chi connectivity index (χ4v) is 5.57. The zero-order valence-electron chi connectivity index (χ0n) is 18.2. The molecule has 3 heterocycles. The normalized spacial score (nSPS) is 34.9. The molecule has 5 nitrogen and oxygen atoms in total. The first-order chi connectivity index (χ1) is 13.8. The van der Waals surface area contributed by atoms with E-state index in [1.165, 1.54) is 11.1 Å². The molecule has 0 amide bonds. The average Bonchev–Trinajstić information content (AvgIpc) is 3.13. The van der Waals surface area contributed by atoms with Gasteiger partial charge in [0.2, 0.25) is 0 Å². The minimum absolute atomic E-state index is 0.0707. The van der Waals surface area contributed by atoms with Gasteiger partial charge in [-0.25, -0.2) is 0 Å². The molecule has 0 spiro atoms. The van der Waals surface area contributed by atoms with Crippen LogP contribution in [0.3, 0.4) is 0 Å². The molecule has 2 bridgehead atoms. The van der Waals surface area contributed by atoms with Crippen molar-refractivity contribution in [2.24, 2.45) is 0 Å². The lowest BCUT2D eigenvalue weighted by atomic mass is 9.74. The molecule has 2 fully saturated rings. The van der Waals surface area contributed by atoms with Gasteiger partial charge in [-0.15, -0.1) is 0 Å². The van der Waals surface area contributed by atoms with Crippen molar-refractivity contribution >= 4 is 0 Å². The van der Waals surface area contributed by atoms with Crippen molar-refractivity contribution in [3.63, 3.8) is 0 Å². The summed E-state index contributed by atoms with van der Waals surface area (Å²) in [6.07, 6.45) is 7.28. The first-order valence-corrected chi connectivity index (χ1v) is 11.0. The first-order valence-electron chi connectivity index (χ1n) is 11.0. The maximum atomic E-state index is 11.5. The number of aryl methyl sites for hydroxylation is 1. The van der Waals surface area contributed by atoms with Gasteiger partial charge in [0.15, 0.2) is 0 Å². The van der Waals surface area contributed by atoms with Crippen LogP contribution in [0.15, 0.2) is 42.7 Å². The molecule has 158 valence electrons. The third kappa shape index (κ3) is 4.14. The third-order valence-electron chi connectivity index (χ3n) is 7.05. The third-order valence-corrected chi connectivity index (χ3v) is 7.05. The van der Waals surface area contributed by atoms with E-state index in [0.717, 1.165) is 38.8 Å². The van der Waals surface area contributed by atoms with Gasteiger partial charge in [-0.2, -0.15) is 5.10 Å². The highest BCUT2D eigenvalue weighted by Gasteiger charge is 2.53. The summed E-state index contributed by atoms with van der Waals surface area (Å²) in [7, 11) is 2.12. The number of aliphatic hydroxyl groups is 1. The lowest BCUT2D eigenvalue weighted by Gasteiger charge is -2.49. The highest BCUT2D eigenvalue weighted by molar-refractivity contribution is 5.23. The van der Waals surface area contributed by atoms with Crippen LogP contribution in [0, 0.1) is 0 Å². The number of aromatic nitrogens is 2. The lowest BCUT2D eigenvalue weighted by molar-refractivity contribution is -0.216. The maximum absolute atomic E-state index is 11.5. The summed E-state index contributed by atoms with van der Waals surface area (Å²) in [5.74, 6) is 0.418. The Kier molecular flexibility index (Phi) is 5.58. The zero-order chi connectivity index (χ0) is 20.6. The number of nitrogens with zero attached hydrogens (tertiary/aromatic N) is 3. The highest BCUT2D eigenvalue weighted by Crippen LogP contribution is 2.50. The van der Waals surface area contributed by atoms with Crippen molar-refractivity contribution in [3.05, 3.63) is 53.9 Å². The molecule has 1 N–H and O–H groups in total. The van der Waals surface area contributed by atoms with Gasteiger partial charge in [0.1, 0.15) is 0 Å². The Labute approximate surface area is 174 Å². The number of rotatable bonds is 5. The molecule has 0 radical (unpaired) electrons. The van der Waals surface area contributed by atoms with E-state index in [4.69, 9.17) is 4.74 Å². The van der Waals surface area contributed by atoms with Crippen molar-refractivity contribution in [1.82, 2.24) is 14.7 Å². The number of ether oxygens (including phenoxy) is 1. The summed E-state index contributed by atoms with van der Waals surface area (Å²) in [6, 6.07) is 10.8. The van der Waals surface area contributed by atoms with Crippen LogP contribution in [0.4, 0.5) is 0 Å². The Bertz CT molecular complexity index is 823. The zero-order valence-corrected chi connectivity index (χ0v) is 18.2. The largest absolute Gasteiger partial charge is 0.388 e. The van der Waals surface area contributed by atoms with Crippen molar-refractivity contribution in [1.29, 1.82) is 0 Å². The van der Waals surface area contributed by atoms with Crippen molar-refractivity contribution in [2.75, 3.05) is 7.05 Å². The van der Waals surface area contributed by atoms with E-state index in [2.05, 4.69) is 74.3 Å². The van der Waals surface area contributed by atoms with Gasteiger partial charge >= 0.3 is 0 Å². The molecule has 29 heavy (non-hydrogen) atoms. The SMILES string of the molecule is CCn1cc(CN(C)[C@H]2CC[C@@]3(C)C[C@H](c4ccccc4)C[C@](C)(O3)[C@@H]2O)cn1. The lowest BCUT2D eigenvalue weighted by Crippen LogP contribution is -2.56. The molecule has 2 aliphatic rings. The summed E-state index contributed by atoms with van der Waals surface area (Å²) in [5, 5.41) is 15.9. The summed E-state index contributed by atoms with van der Waals surface area (Å²) < 4.78 is 8.60. The highest BCUT2D eigenvalue weighted by atomic mass is 16.5. The number of aliphatic hydroxyl groups excluding tert-OH is 1. The Morgan fingerprint density at radius 3 is 2.69 bits per heavy atom. The number of likely N-dealkylation sites (N-methyl/N-ethyl adjacent to an activating group) is 1. The van der Waals surface area contributed by atoms with Crippen LogP contribution in [0.25, 0.3) is 0 Å². The van der Waals surface area contributed by atoms with Gasteiger partial charge in [0.05, 0.1) is 23.5 Å². The Hall–Kier alpha value is -1.69. The van der Waals surface area contributed by atoms with Gasteiger partial charge in [0.25, 0.3) is 0 Å². The molecule has 1 aromatic carbocycles. The molecule has 0 saturated carbocycles. The van der Waals surface area contributed by atoms with E-state index < -0.39 is 11.7 Å². The summed E-state index contributed by atoms with van der Waals surface area (Å²) >= 11 is 0. The standard InChI is InChI=1S/C24H35N3O2/c1-5-27-17-18(15-25-27)16-26(4)21-11-12-23(2)13-20(19-9-7-6-8-10-19)14-24(3,29-23)22(21)28/h6-10,15,17,20-22,28H,5,11-14,16H2,1-4H3/t20-,21-,22+,23-,24-/m0/s1. The van der Waals surface area contributed by atoms with E-state index >= 15 is 0 Å². The van der Waals surface area contributed by atoms with Gasteiger partial charge in [-0.3, -0.25) is 9.58 Å².